The first-order chi connectivity index (χ1) is 17.8. The fourth-order valence-corrected chi connectivity index (χ4v) is 5.42. The molecule has 0 unspecified atom stereocenters. The van der Waals surface area contributed by atoms with Crippen LogP contribution in [0.2, 0.25) is 0 Å². The first-order valence-corrected chi connectivity index (χ1v) is 12.3. The molecule has 2 aromatic carbocycles. The number of nitrogens with zero attached hydrogens (tertiary/aromatic N) is 6. The number of anilines is 2. The highest BCUT2D eigenvalue weighted by Gasteiger charge is 2.40. The normalized spacial score (nSPS) is 20.0. The summed E-state index contributed by atoms with van der Waals surface area (Å²) in [5, 5.41) is 4.10. The topological polar surface area (TPSA) is 119 Å². The lowest BCUT2D eigenvalue weighted by Gasteiger charge is -2.44. The number of aryl methyl sites for hydroxylation is 1. The van der Waals surface area contributed by atoms with Crippen LogP contribution in [-0.2, 0) is 7.05 Å². The van der Waals surface area contributed by atoms with Crippen LogP contribution >= 0.6 is 0 Å². The molecule has 11 nitrogen and oxygen atoms in total. The van der Waals surface area contributed by atoms with Gasteiger partial charge in [0.15, 0.2) is 0 Å². The van der Waals surface area contributed by atoms with Gasteiger partial charge in [-0.3, -0.25) is 9.69 Å². The van der Waals surface area contributed by atoms with E-state index < -0.39 is 5.91 Å². The molecule has 2 atom stereocenters. The van der Waals surface area contributed by atoms with E-state index in [2.05, 4.69) is 16.9 Å². The Kier molecular flexibility index (Phi) is 6.36. The van der Waals surface area contributed by atoms with Crippen molar-refractivity contribution in [2.75, 3.05) is 36.5 Å². The Morgan fingerprint density at radius 2 is 1.73 bits per heavy atom. The van der Waals surface area contributed by atoms with Gasteiger partial charge in [-0.15, -0.1) is 5.10 Å². The lowest BCUT2D eigenvalue weighted by molar-refractivity contribution is 0.1000. The van der Waals surface area contributed by atoms with Gasteiger partial charge >= 0.3 is 17.7 Å². The van der Waals surface area contributed by atoms with Gasteiger partial charge in [-0.1, -0.05) is 6.07 Å². The van der Waals surface area contributed by atoms with Crippen molar-refractivity contribution in [1.29, 1.82) is 0 Å². The molecule has 0 saturated carbocycles. The van der Waals surface area contributed by atoms with Crippen molar-refractivity contribution in [3.63, 3.8) is 0 Å². The summed E-state index contributed by atoms with van der Waals surface area (Å²) in [4.78, 5) is 43.5. The van der Waals surface area contributed by atoms with Crippen molar-refractivity contribution in [2.45, 2.75) is 31.8 Å². The molecule has 3 heterocycles. The van der Waals surface area contributed by atoms with Crippen LogP contribution < -0.4 is 26.0 Å². The number of hydrogen-bond acceptors (Lipinski definition) is 6. The molecule has 3 aromatic rings. The molecule has 37 heavy (non-hydrogen) atoms. The summed E-state index contributed by atoms with van der Waals surface area (Å²) in [6.45, 7) is 4.20. The van der Waals surface area contributed by atoms with Crippen LogP contribution in [0.1, 0.15) is 30.1 Å². The van der Waals surface area contributed by atoms with E-state index in [1.807, 2.05) is 35.2 Å². The minimum absolute atomic E-state index is 0.0475. The Bertz CT molecular complexity index is 1380. The van der Waals surface area contributed by atoms with Gasteiger partial charge < -0.3 is 20.3 Å². The molecular formula is C26H31N7O4. The minimum Gasteiger partial charge on any atom is -0.467 e. The van der Waals surface area contributed by atoms with Gasteiger partial charge in [0.25, 0.3) is 0 Å². The summed E-state index contributed by atoms with van der Waals surface area (Å²) in [6.07, 6.45) is 1.87. The summed E-state index contributed by atoms with van der Waals surface area (Å²) in [5.74, 6) is -0.514. The summed E-state index contributed by atoms with van der Waals surface area (Å²) in [5.41, 5.74) is 7.90. The molecule has 2 aliphatic heterocycles. The molecule has 194 valence electrons. The molecule has 5 rings (SSSR count). The molecular weight excluding hydrogens is 474 g/mol. The van der Waals surface area contributed by atoms with Gasteiger partial charge in [-0.05, 0) is 62.2 Å². The lowest BCUT2D eigenvalue weighted by atomic mass is 9.95. The monoisotopic (exact) mass is 505 g/mol. The number of benzene rings is 2. The quantitative estimate of drug-likeness (QED) is 0.547. The van der Waals surface area contributed by atoms with Crippen molar-refractivity contribution in [1.82, 2.24) is 19.2 Å². The van der Waals surface area contributed by atoms with E-state index in [9.17, 15) is 14.4 Å². The van der Waals surface area contributed by atoms with E-state index in [0.717, 1.165) is 25.1 Å². The minimum atomic E-state index is -0.514. The number of hydrogen-bond donors (Lipinski definition) is 1. The predicted molar refractivity (Wildman–Crippen MR) is 140 cm³/mol. The number of methoxy groups -OCH3 is 1. The number of amides is 3. The van der Waals surface area contributed by atoms with Crippen LogP contribution in [0, 0.1) is 0 Å². The molecule has 2 fully saturated rings. The third kappa shape index (κ3) is 4.30. The second kappa shape index (κ2) is 9.64. The van der Waals surface area contributed by atoms with Crippen LogP contribution in [-0.4, -0.2) is 70.0 Å². The first-order valence-electron chi connectivity index (χ1n) is 12.3. The molecule has 2 aliphatic rings. The van der Waals surface area contributed by atoms with Gasteiger partial charge in [-0.2, -0.15) is 0 Å². The van der Waals surface area contributed by atoms with E-state index in [4.69, 9.17) is 10.5 Å². The zero-order valence-electron chi connectivity index (χ0n) is 21.2. The number of carbonyl (C=O) groups is 2. The highest BCUT2D eigenvalue weighted by molar-refractivity contribution is 5.98. The summed E-state index contributed by atoms with van der Waals surface area (Å²) in [7, 11) is 3.07. The molecule has 11 heteroatoms. The largest absolute Gasteiger partial charge is 0.467 e. The van der Waals surface area contributed by atoms with Crippen molar-refractivity contribution in [3.8, 4) is 11.7 Å². The second-order valence-corrected chi connectivity index (χ2v) is 9.43. The summed E-state index contributed by atoms with van der Waals surface area (Å²) in [6, 6.07) is 14.9. The van der Waals surface area contributed by atoms with Crippen molar-refractivity contribution < 1.29 is 14.3 Å². The van der Waals surface area contributed by atoms with E-state index >= 15 is 0 Å². The van der Waals surface area contributed by atoms with E-state index in [1.54, 1.807) is 30.1 Å². The Morgan fingerprint density at radius 3 is 2.43 bits per heavy atom. The molecule has 3 amide bonds. The highest BCUT2D eigenvalue weighted by atomic mass is 16.5. The number of ether oxygens (including phenoxy) is 1. The maximum Gasteiger partial charge on any atom is 0.353 e. The number of piperidine rings is 1. The predicted octanol–water partition coefficient (Wildman–Crippen LogP) is 1.98. The number of nitrogens with two attached hydrogens (primary N) is 1. The second-order valence-electron chi connectivity index (χ2n) is 9.43. The molecule has 0 aliphatic carbocycles. The Morgan fingerprint density at radius 1 is 1.00 bits per heavy atom. The number of aromatic nitrogens is 3. The number of carbonyl (C=O) groups excluding carboxylic acids is 2. The maximum absolute atomic E-state index is 13.4. The van der Waals surface area contributed by atoms with Crippen LogP contribution in [0.15, 0.2) is 53.3 Å². The third-order valence-corrected chi connectivity index (χ3v) is 7.35. The zero-order valence-corrected chi connectivity index (χ0v) is 21.2. The number of urea groups is 1. The summed E-state index contributed by atoms with van der Waals surface area (Å²) < 4.78 is 7.93. The van der Waals surface area contributed by atoms with Gasteiger partial charge in [0.2, 0.25) is 5.91 Å². The van der Waals surface area contributed by atoms with Gasteiger partial charge in [0, 0.05) is 49.7 Å². The Labute approximate surface area is 214 Å². The van der Waals surface area contributed by atoms with Crippen molar-refractivity contribution >= 4 is 23.3 Å². The van der Waals surface area contributed by atoms with Gasteiger partial charge in [0.05, 0.1) is 18.8 Å². The van der Waals surface area contributed by atoms with E-state index in [0.29, 0.717) is 30.0 Å². The van der Waals surface area contributed by atoms with Gasteiger partial charge in [-0.25, -0.2) is 18.8 Å². The molecule has 2 N–H and O–H groups in total. The molecule has 0 radical (unpaired) electrons. The highest BCUT2D eigenvalue weighted by Crippen LogP contribution is 2.32. The smallest absolute Gasteiger partial charge is 0.353 e. The molecule has 0 spiro atoms. The average Bonchev–Trinajstić information content (AvgIpc) is 3.43. The molecule has 1 aromatic heterocycles. The number of primary amides is 1. The SMILES string of the molecule is COc1nn(C)c(=O)n1-c1ccc(N2CCC[C@@H](N3CCN(c4cccc(C(N)=O)c4)C3=O)[C@H]2C)cc1. The number of rotatable bonds is 6. The third-order valence-electron chi connectivity index (χ3n) is 7.35. The average molecular weight is 506 g/mol. The van der Waals surface area contributed by atoms with Crippen LogP contribution in [0.4, 0.5) is 16.2 Å². The molecule has 2 saturated heterocycles. The van der Waals surface area contributed by atoms with Gasteiger partial charge in [0.1, 0.15) is 0 Å². The fraction of sp³-hybridized carbons (Fsp3) is 0.385. The van der Waals surface area contributed by atoms with Crippen molar-refractivity contribution in [2.24, 2.45) is 12.8 Å². The Hall–Kier alpha value is -4.28. The fourth-order valence-electron chi connectivity index (χ4n) is 5.42. The first kappa shape index (κ1) is 24.4. The van der Waals surface area contributed by atoms with E-state index in [1.165, 1.54) is 16.4 Å². The lowest BCUT2D eigenvalue weighted by Crippen LogP contribution is -2.55. The maximum atomic E-state index is 13.4. The zero-order chi connectivity index (χ0) is 26.3. The molecule has 0 bridgehead atoms. The van der Waals surface area contributed by atoms with E-state index in [-0.39, 0.29) is 29.8 Å². The van der Waals surface area contributed by atoms with Crippen LogP contribution in [0.25, 0.3) is 5.69 Å². The van der Waals surface area contributed by atoms with Crippen LogP contribution in [0.5, 0.6) is 6.01 Å². The van der Waals surface area contributed by atoms with Crippen molar-refractivity contribution in [3.05, 3.63) is 64.6 Å². The Balaban J connectivity index is 1.34. The summed E-state index contributed by atoms with van der Waals surface area (Å²) >= 11 is 0. The standard InChI is InChI=1S/C26H31N7O4/c1-17-22(32-15-14-31(26(32)36)21-7-4-6-18(16-21)23(27)34)8-5-13-30(17)19-9-11-20(12-10-19)33-24(37-3)28-29(2)25(33)35/h4,6-7,9-12,16-17,22H,5,8,13-15H2,1-3H3,(H2,27,34)/t17-,22-/m1/s1. The van der Waals surface area contributed by atoms with Crippen LogP contribution in [0.3, 0.4) is 0 Å².